The summed E-state index contributed by atoms with van der Waals surface area (Å²) in [7, 11) is 0. The Morgan fingerprint density at radius 3 is 2.41 bits per heavy atom. The highest BCUT2D eigenvalue weighted by atomic mass is 35.5. The number of carbonyl (C=O) groups is 1. The molecule has 0 saturated heterocycles. The van der Waals surface area contributed by atoms with Crippen LogP contribution in [0, 0.1) is 0 Å². The van der Waals surface area contributed by atoms with Crippen molar-refractivity contribution in [1.82, 2.24) is 0 Å². The smallest absolute Gasteiger partial charge is 0.363 e. The zero-order valence-electron chi connectivity index (χ0n) is 12.0. The summed E-state index contributed by atoms with van der Waals surface area (Å²) in [6.45, 7) is 2.10. The van der Waals surface area contributed by atoms with Gasteiger partial charge in [0.1, 0.15) is 0 Å². The van der Waals surface area contributed by atoms with Gasteiger partial charge in [-0.1, -0.05) is 42.8 Å². The number of cyclic esters (lactones) is 1. The Morgan fingerprint density at radius 2 is 1.77 bits per heavy atom. The second kappa shape index (κ2) is 6.16. The predicted molar refractivity (Wildman–Crippen MR) is 87.9 cm³/mol. The van der Waals surface area contributed by atoms with Crippen LogP contribution in [0.4, 0.5) is 0 Å². The maximum atomic E-state index is 11.9. The van der Waals surface area contributed by atoms with Gasteiger partial charge in [-0.25, -0.2) is 9.79 Å². The first-order valence-corrected chi connectivity index (χ1v) is 7.41. The topological polar surface area (TPSA) is 38.7 Å². The van der Waals surface area contributed by atoms with Gasteiger partial charge in [-0.2, -0.15) is 0 Å². The fraction of sp³-hybridized carbons (Fsp3) is 0.111. The Bertz CT molecular complexity index is 759. The molecule has 0 atom stereocenters. The van der Waals surface area contributed by atoms with Gasteiger partial charge in [-0.3, -0.25) is 0 Å². The van der Waals surface area contributed by atoms with Crippen LogP contribution in [-0.4, -0.2) is 11.9 Å². The summed E-state index contributed by atoms with van der Waals surface area (Å²) in [5, 5.41) is 0.625. The lowest BCUT2D eigenvalue weighted by Crippen LogP contribution is -2.05. The molecular formula is C18H14ClNO2. The Hall–Kier alpha value is -2.39. The van der Waals surface area contributed by atoms with Crippen LogP contribution >= 0.6 is 11.6 Å². The van der Waals surface area contributed by atoms with Crippen molar-refractivity contribution in [3.8, 4) is 0 Å². The third-order valence-corrected chi connectivity index (χ3v) is 3.66. The molecule has 2 aromatic rings. The predicted octanol–water partition coefficient (Wildman–Crippen LogP) is 4.25. The molecule has 0 aromatic heterocycles. The van der Waals surface area contributed by atoms with Crippen LogP contribution in [0.1, 0.15) is 23.6 Å². The molecule has 0 spiro atoms. The number of esters is 1. The number of nitrogens with zero attached hydrogens (tertiary/aromatic N) is 1. The summed E-state index contributed by atoms with van der Waals surface area (Å²) >= 11 is 5.85. The van der Waals surface area contributed by atoms with E-state index in [0.29, 0.717) is 16.6 Å². The molecule has 0 amide bonds. The molecule has 1 aliphatic rings. The fourth-order valence-electron chi connectivity index (χ4n) is 2.13. The lowest BCUT2D eigenvalue weighted by molar-refractivity contribution is -0.129. The molecule has 3 nitrogen and oxygen atoms in total. The first-order valence-electron chi connectivity index (χ1n) is 7.03. The first kappa shape index (κ1) is 14.5. The average molecular weight is 312 g/mol. The molecule has 0 radical (unpaired) electrons. The number of hydrogen-bond acceptors (Lipinski definition) is 3. The average Bonchev–Trinajstić information content (AvgIpc) is 2.90. The zero-order valence-corrected chi connectivity index (χ0v) is 12.8. The summed E-state index contributed by atoms with van der Waals surface area (Å²) < 4.78 is 5.22. The lowest BCUT2D eigenvalue weighted by atomic mass is 10.1. The van der Waals surface area contributed by atoms with E-state index < -0.39 is 5.97 Å². The van der Waals surface area contributed by atoms with Crippen molar-refractivity contribution in [3.63, 3.8) is 0 Å². The van der Waals surface area contributed by atoms with E-state index in [1.807, 2.05) is 24.3 Å². The Balaban J connectivity index is 1.88. The normalized spacial score (nSPS) is 15.8. The number of ether oxygens (including phenoxy) is 1. The van der Waals surface area contributed by atoms with E-state index in [2.05, 4.69) is 11.9 Å². The van der Waals surface area contributed by atoms with E-state index in [1.165, 1.54) is 5.56 Å². The molecule has 0 unspecified atom stereocenters. The molecule has 1 heterocycles. The van der Waals surface area contributed by atoms with Crippen molar-refractivity contribution in [3.05, 3.63) is 75.9 Å². The first-order chi connectivity index (χ1) is 10.7. The third kappa shape index (κ3) is 3.10. The Kier molecular flexibility index (Phi) is 4.07. The minimum Gasteiger partial charge on any atom is -0.402 e. The fourth-order valence-corrected chi connectivity index (χ4v) is 2.26. The maximum absolute atomic E-state index is 11.9. The zero-order chi connectivity index (χ0) is 15.5. The number of benzene rings is 2. The van der Waals surface area contributed by atoms with Gasteiger partial charge < -0.3 is 4.74 Å². The van der Waals surface area contributed by atoms with Gasteiger partial charge in [0.05, 0.1) is 0 Å². The Morgan fingerprint density at radius 1 is 1.09 bits per heavy atom. The molecular weight excluding hydrogens is 298 g/mol. The van der Waals surface area contributed by atoms with E-state index in [-0.39, 0.29) is 0 Å². The molecule has 0 N–H and O–H groups in total. The second-order valence-corrected chi connectivity index (χ2v) is 5.37. The largest absolute Gasteiger partial charge is 0.402 e. The van der Waals surface area contributed by atoms with Crippen molar-refractivity contribution >= 4 is 29.5 Å². The van der Waals surface area contributed by atoms with Crippen LogP contribution in [0.15, 0.2) is 59.2 Å². The monoisotopic (exact) mass is 311 g/mol. The van der Waals surface area contributed by atoms with Crippen LogP contribution < -0.4 is 0 Å². The quantitative estimate of drug-likeness (QED) is 0.628. The molecule has 0 bridgehead atoms. The van der Waals surface area contributed by atoms with Crippen molar-refractivity contribution in [1.29, 1.82) is 0 Å². The van der Waals surface area contributed by atoms with Crippen molar-refractivity contribution in [2.24, 2.45) is 4.99 Å². The van der Waals surface area contributed by atoms with Crippen LogP contribution in [-0.2, 0) is 16.0 Å². The maximum Gasteiger partial charge on any atom is 0.363 e. The highest BCUT2D eigenvalue weighted by Gasteiger charge is 2.23. The van der Waals surface area contributed by atoms with Crippen molar-refractivity contribution in [2.75, 3.05) is 0 Å². The standard InChI is InChI=1S/C18H14ClNO2/c1-2-12-3-5-13(6-4-12)11-16-18(21)22-17(20-16)14-7-9-15(19)10-8-14/h3-11H,2H2,1H3. The molecule has 22 heavy (non-hydrogen) atoms. The van der Waals surface area contributed by atoms with E-state index in [0.717, 1.165) is 17.5 Å². The van der Waals surface area contributed by atoms with Crippen molar-refractivity contribution < 1.29 is 9.53 Å². The van der Waals surface area contributed by atoms with E-state index >= 15 is 0 Å². The van der Waals surface area contributed by atoms with Gasteiger partial charge in [0.15, 0.2) is 5.70 Å². The molecule has 1 aliphatic heterocycles. The molecule has 0 aliphatic carbocycles. The van der Waals surface area contributed by atoms with E-state index in [4.69, 9.17) is 16.3 Å². The van der Waals surface area contributed by atoms with Crippen LogP contribution in [0.25, 0.3) is 6.08 Å². The van der Waals surface area contributed by atoms with Gasteiger partial charge >= 0.3 is 5.97 Å². The van der Waals surface area contributed by atoms with Gasteiger partial charge in [-0.15, -0.1) is 0 Å². The summed E-state index contributed by atoms with van der Waals surface area (Å²) in [6, 6.07) is 15.0. The Labute approximate surface area is 133 Å². The van der Waals surface area contributed by atoms with Gasteiger partial charge in [0.2, 0.25) is 5.90 Å². The van der Waals surface area contributed by atoms with E-state index in [9.17, 15) is 4.79 Å². The van der Waals surface area contributed by atoms with Crippen LogP contribution in [0.2, 0.25) is 5.02 Å². The number of hydrogen-bond donors (Lipinski definition) is 0. The highest BCUT2D eigenvalue weighted by molar-refractivity contribution is 6.30. The second-order valence-electron chi connectivity index (χ2n) is 4.94. The summed E-state index contributed by atoms with van der Waals surface area (Å²) in [5.74, 6) is -0.136. The highest BCUT2D eigenvalue weighted by Crippen LogP contribution is 2.20. The molecule has 3 rings (SSSR count). The SMILES string of the molecule is CCc1ccc(C=C2N=C(c3ccc(Cl)cc3)OC2=O)cc1. The number of aryl methyl sites for hydroxylation is 1. The number of halogens is 1. The third-order valence-electron chi connectivity index (χ3n) is 3.40. The van der Waals surface area contributed by atoms with Crippen molar-refractivity contribution in [2.45, 2.75) is 13.3 Å². The molecule has 0 saturated carbocycles. The summed E-state index contributed by atoms with van der Waals surface area (Å²) in [4.78, 5) is 16.2. The summed E-state index contributed by atoms with van der Waals surface area (Å²) in [5.41, 5.74) is 3.20. The molecule has 110 valence electrons. The molecule has 4 heteroatoms. The van der Waals surface area contributed by atoms with Crippen LogP contribution in [0.3, 0.4) is 0 Å². The number of aliphatic imine (C=N–C) groups is 1. The minimum absolute atomic E-state index is 0.300. The number of rotatable bonds is 3. The minimum atomic E-state index is -0.440. The lowest BCUT2D eigenvalue weighted by Gasteiger charge is -1.98. The van der Waals surface area contributed by atoms with Gasteiger partial charge in [-0.05, 0) is 47.9 Å². The van der Waals surface area contributed by atoms with Gasteiger partial charge in [0.25, 0.3) is 0 Å². The van der Waals surface area contributed by atoms with E-state index in [1.54, 1.807) is 30.3 Å². The molecule has 0 fully saturated rings. The van der Waals surface area contributed by atoms with Gasteiger partial charge in [0, 0.05) is 10.6 Å². The molecule has 2 aromatic carbocycles. The number of carbonyl (C=O) groups excluding carboxylic acids is 1. The summed E-state index contributed by atoms with van der Waals surface area (Å²) in [6.07, 6.45) is 2.71. The van der Waals surface area contributed by atoms with Crippen LogP contribution in [0.5, 0.6) is 0 Å².